The van der Waals surface area contributed by atoms with Crippen molar-refractivity contribution in [2.45, 2.75) is 6.54 Å². The molecule has 0 aliphatic rings. The van der Waals surface area contributed by atoms with Crippen molar-refractivity contribution in [3.8, 4) is 0 Å². The summed E-state index contributed by atoms with van der Waals surface area (Å²) in [6, 6.07) is 12.8. The van der Waals surface area contributed by atoms with Gasteiger partial charge in [0.05, 0.1) is 28.1 Å². The maximum absolute atomic E-state index is 14.1. The van der Waals surface area contributed by atoms with Gasteiger partial charge in [0, 0.05) is 5.02 Å². The summed E-state index contributed by atoms with van der Waals surface area (Å²) in [6.45, 7) is 0.121. The zero-order chi connectivity index (χ0) is 19.0. The molecule has 0 saturated heterocycles. The van der Waals surface area contributed by atoms with Crippen LogP contribution in [-0.2, 0) is 6.54 Å². The number of benzene rings is 2. The number of halogens is 3. The Morgan fingerprint density at radius 2 is 2.04 bits per heavy atom. The number of nitrogens with zero attached hydrogens (tertiary/aromatic N) is 2. The number of carbonyl (C=O) groups is 1. The van der Waals surface area contributed by atoms with Gasteiger partial charge in [-0.1, -0.05) is 40.6 Å². The molecule has 0 unspecified atom stereocenters. The molecule has 1 amide bonds. The highest BCUT2D eigenvalue weighted by molar-refractivity contribution is 7.22. The van der Waals surface area contributed by atoms with Crippen molar-refractivity contribution in [1.29, 1.82) is 0 Å². The van der Waals surface area contributed by atoms with Gasteiger partial charge in [-0.3, -0.25) is 9.69 Å². The van der Waals surface area contributed by atoms with Crippen molar-refractivity contribution in [3.63, 3.8) is 0 Å². The molecule has 4 aromatic rings. The minimum Gasteiger partial charge on any atom is -0.467 e. The topological polar surface area (TPSA) is 46.3 Å². The van der Waals surface area contributed by atoms with Gasteiger partial charge in [-0.05, 0) is 42.5 Å². The molecule has 0 spiro atoms. The average Bonchev–Trinajstić information content (AvgIpc) is 3.31. The Morgan fingerprint density at radius 3 is 2.78 bits per heavy atom. The quantitative estimate of drug-likeness (QED) is 0.395. The van der Waals surface area contributed by atoms with E-state index in [-0.39, 0.29) is 22.6 Å². The first kappa shape index (κ1) is 18.0. The third-order valence-electron chi connectivity index (χ3n) is 3.89. The summed E-state index contributed by atoms with van der Waals surface area (Å²) >= 11 is 13.4. The fourth-order valence-corrected chi connectivity index (χ4v) is 3.96. The lowest BCUT2D eigenvalue weighted by Crippen LogP contribution is -2.30. The maximum Gasteiger partial charge on any atom is 0.262 e. The molecule has 4 rings (SSSR count). The molecular formula is C19H11Cl2FN2O2S. The number of amides is 1. The number of para-hydroxylation sites is 1. The number of aromatic nitrogens is 1. The molecule has 0 radical (unpaired) electrons. The third kappa shape index (κ3) is 3.56. The molecular weight excluding hydrogens is 410 g/mol. The van der Waals surface area contributed by atoms with Crippen LogP contribution in [0.4, 0.5) is 9.52 Å². The first-order valence-electron chi connectivity index (χ1n) is 7.87. The zero-order valence-electron chi connectivity index (χ0n) is 13.7. The van der Waals surface area contributed by atoms with Gasteiger partial charge in [0.25, 0.3) is 5.91 Å². The highest BCUT2D eigenvalue weighted by Gasteiger charge is 2.25. The molecule has 0 aliphatic heterocycles. The van der Waals surface area contributed by atoms with E-state index in [4.69, 9.17) is 27.6 Å². The van der Waals surface area contributed by atoms with E-state index in [2.05, 4.69) is 4.98 Å². The molecule has 4 nitrogen and oxygen atoms in total. The van der Waals surface area contributed by atoms with Gasteiger partial charge in [0.2, 0.25) is 0 Å². The maximum atomic E-state index is 14.1. The lowest BCUT2D eigenvalue weighted by atomic mass is 10.2. The molecule has 0 saturated carbocycles. The second-order valence-corrected chi connectivity index (χ2v) is 7.53. The summed E-state index contributed by atoms with van der Waals surface area (Å²) in [4.78, 5) is 18.9. The van der Waals surface area contributed by atoms with Gasteiger partial charge in [-0.2, -0.15) is 0 Å². The van der Waals surface area contributed by atoms with Gasteiger partial charge >= 0.3 is 0 Å². The average molecular weight is 421 g/mol. The number of furan rings is 1. The highest BCUT2D eigenvalue weighted by atomic mass is 35.5. The Morgan fingerprint density at radius 1 is 1.19 bits per heavy atom. The number of thiazole rings is 1. The van der Waals surface area contributed by atoms with E-state index < -0.39 is 11.7 Å². The van der Waals surface area contributed by atoms with Gasteiger partial charge in [-0.15, -0.1) is 0 Å². The summed E-state index contributed by atoms with van der Waals surface area (Å²) < 4.78 is 20.1. The van der Waals surface area contributed by atoms with E-state index in [1.165, 1.54) is 34.6 Å². The molecule has 8 heteroatoms. The lowest BCUT2D eigenvalue weighted by Gasteiger charge is -2.19. The third-order valence-corrected chi connectivity index (χ3v) is 5.50. The molecule has 2 heterocycles. The van der Waals surface area contributed by atoms with Gasteiger partial charge in [0.15, 0.2) is 5.13 Å². The minimum absolute atomic E-state index is 0.121. The molecule has 0 fully saturated rings. The van der Waals surface area contributed by atoms with Crippen molar-refractivity contribution in [3.05, 3.63) is 82.0 Å². The predicted molar refractivity (Wildman–Crippen MR) is 105 cm³/mol. The number of hydrogen-bond donors (Lipinski definition) is 0. The number of carbonyl (C=O) groups excluding carboxylic acids is 1. The smallest absolute Gasteiger partial charge is 0.262 e. The number of fused-ring (bicyclic) bond motifs is 1. The number of hydrogen-bond acceptors (Lipinski definition) is 4. The van der Waals surface area contributed by atoms with Crippen LogP contribution >= 0.6 is 34.5 Å². The van der Waals surface area contributed by atoms with Crippen molar-refractivity contribution < 1.29 is 13.6 Å². The normalized spacial score (nSPS) is 11.1. The van der Waals surface area contributed by atoms with Crippen molar-refractivity contribution in [2.24, 2.45) is 0 Å². The molecule has 27 heavy (non-hydrogen) atoms. The summed E-state index contributed by atoms with van der Waals surface area (Å²) in [5, 5.41) is 0.990. The van der Waals surface area contributed by atoms with Gasteiger partial charge in [-0.25, -0.2) is 9.37 Å². The Kier molecular flexibility index (Phi) is 4.86. The minimum atomic E-state index is -0.443. The van der Waals surface area contributed by atoms with Crippen LogP contribution in [-0.4, -0.2) is 10.9 Å². The van der Waals surface area contributed by atoms with Crippen molar-refractivity contribution >= 4 is 55.8 Å². The molecule has 2 aromatic carbocycles. The van der Waals surface area contributed by atoms with Crippen molar-refractivity contribution in [2.75, 3.05) is 4.90 Å². The van der Waals surface area contributed by atoms with Gasteiger partial charge < -0.3 is 4.42 Å². The van der Waals surface area contributed by atoms with Crippen LogP contribution in [0.1, 0.15) is 16.1 Å². The van der Waals surface area contributed by atoms with E-state index in [0.717, 1.165) is 0 Å². The molecule has 2 aromatic heterocycles. The first-order valence-corrected chi connectivity index (χ1v) is 9.44. The summed E-state index contributed by atoms with van der Waals surface area (Å²) in [6.07, 6.45) is 1.52. The largest absolute Gasteiger partial charge is 0.467 e. The summed E-state index contributed by atoms with van der Waals surface area (Å²) in [5.41, 5.74) is 0.447. The molecule has 0 bridgehead atoms. The summed E-state index contributed by atoms with van der Waals surface area (Å²) in [7, 11) is 0. The van der Waals surface area contributed by atoms with Crippen LogP contribution in [0, 0.1) is 5.82 Å². The van der Waals surface area contributed by atoms with Crippen LogP contribution in [0.25, 0.3) is 10.2 Å². The van der Waals surface area contributed by atoms with Crippen LogP contribution in [0.2, 0.25) is 10.0 Å². The molecule has 136 valence electrons. The van der Waals surface area contributed by atoms with Gasteiger partial charge in [0.1, 0.15) is 17.1 Å². The monoisotopic (exact) mass is 420 g/mol. The van der Waals surface area contributed by atoms with Crippen LogP contribution in [0.3, 0.4) is 0 Å². The fraction of sp³-hybridized carbons (Fsp3) is 0.0526. The second kappa shape index (κ2) is 7.31. The van der Waals surface area contributed by atoms with E-state index in [9.17, 15) is 9.18 Å². The van der Waals surface area contributed by atoms with Crippen molar-refractivity contribution in [1.82, 2.24) is 4.98 Å². The SMILES string of the molecule is O=C(c1cc(Cl)ccc1Cl)N(Cc1ccco1)c1nc2c(F)cccc2s1. The fourth-order valence-electron chi connectivity index (χ4n) is 2.61. The van der Waals surface area contributed by atoms with E-state index >= 15 is 0 Å². The molecule has 0 atom stereocenters. The Bertz CT molecular complexity index is 1130. The predicted octanol–water partition coefficient (Wildman–Crippen LogP) is 6.18. The van der Waals surface area contributed by atoms with E-state index in [1.54, 1.807) is 36.4 Å². The Labute approximate surface area is 167 Å². The first-order chi connectivity index (χ1) is 13.0. The zero-order valence-corrected chi connectivity index (χ0v) is 16.0. The Hall–Kier alpha value is -2.41. The van der Waals surface area contributed by atoms with Crippen LogP contribution in [0.5, 0.6) is 0 Å². The highest BCUT2D eigenvalue weighted by Crippen LogP contribution is 2.33. The number of anilines is 1. The second-order valence-electron chi connectivity index (χ2n) is 5.68. The number of rotatable bonds is 4. The van der Waals surface area contributed by atoms with Crippen LogP contribution < -0.4 is 4.90 Å². The molecule has 0 aliphatic carbocycles. The van der Waals surface area contributed by atoms with E-state index in [1.807, 2.05) is 0 Å². The van der Waals surface area contributed by atoms with E-state index in [0.29, 0.717) is 20.6 Å². The lowest BCUT2D eigenvalue weighted by molar-refractivity contribution is 0.0983. The van der Waals surface area contributed by atoms with Crippen LogP contribution in [0.15, 0.2) is 59.2 Å². The Balaban J connectivity index is 1.81. The standard InChI is InChI=1S/C19H11Cl2FN2O2S/c20-11-6-7-14(21)13(9-11)18(25)24(10-12-3-2-8-26-12)19-23-17-15(22)4-1-5-16(17)27-19/h1-9H,10H2. The molecule has 0 N–H and O–H groups in total. The summed E-state index contributed by atoms with van der Waals surface area (Å²) in [5.74, 6) is -0.291.